The summed E-state index contributed by atoms with van der Waals surface area (Å²) in [5.74, 6) is 0.922. The first-order chi connectivity index (χ1) is 13.6. The van der Waals surface area contributed by atoms with Gasteiger partial charge in [-0.05, 0) is 48.6 Å². The number of carbonyl (C=O) groups excluding carboxylic acids is 1. The Balaban J connectivity index is 1.55. The SMILES string of the molecule is COc1ccc(N(Cc2csc(N(C(C)=O)C3CC3)n2)Cc2cccs2)cc1. The summed E-state index contributed by atoms with van der Waals surface area (Å²) in [6.07, 6.45) is 2.15. The molecule has 2 aromatic heterocycles. The largest absolute Gasteiger partial charge is 0.497 e. The molecule has 0 unspecified atom stereocenters. The molecule has 0 atom stereocenters. The zero-order valence-corrected chi connectivity index (χ0v) is 17.6. The molecule has 1 aromatic carbocycles. The van der Waals surface area contributed by atoms with Crippen molar-refractivity contribution in [1.82, 2.24) is 4.98 Å². The molecule has 1 aliphatic carbocycles. The van der Waals surface area contributed by atoms with Crippen LogP contribution in [-0.4, -0.2) is 24.0 Å². The molecule has 3 aromatic rings. The van der Waals surface area contributed by atoms with Crippen LogP contribution in [0.2, 0.25) is 0 Å². The highest BCUT2D eigenvalue weighted by molar-refractivity contribution is 7.14. The van der Waals surface area contributed by atoms with Crippen molar-refractivity contribution in [3.63, 3.8) is 0 Å². The van der Waals surface area contributed by atoms with Gasteiger partial charge in [0.25, 0.3) is 0 Å². The maximum Gasteiger partial charge on any atom is 0.225 e. The van der Waals surface area contributed by atoms with Crippen LogP contribution in [0, 0.1) is 0 Å². The van der Waals surface area contributed by atoms with Crippen molar-refractivity contribution >= 4 is 39.4 Å². The zero-order valence-electron chi connectivity index (χ0n) is 16.0. The number of nitrogens with zero attached hydrogens (tertiary/aromatic N) is 3. The Hall–Kier alpha value is -2.38. The molecule has 0 N–H and O–H groups in total. The fourth-order valence-corrected chi connectivity index (χ4v) is 4.83. The van der Waals surface area contributed by atoms with Gasteiger partial charge in [0.1, 0.15) is 5.75 Å². The Morgan fingerprint density at radius 2 is 1.96 bits per heavy atom. The number of aromatic nitrogens is 1. The smallest absolute Gasteiger partial charge is 0.225 e. The minimum absolute atomic E-state index is 0.0778. The van der Waals surface area contributed by atoms with E-state index in [1.54, 1.807) is 36.7 Å². The number of anilines is 2. The minimum atomic E-state index is 0.0778. The summed E-state index contributed by atoms with van der Waals surface area (Å²) in [5, 5.41) is 4.98. The van der Waals surface area contributed by atoms with E-state index in [0.29, 0.717) is 12.6 Å². The van der Waals surface area contributed by atoms with Gasteiger partial charge >= 0.3 is 0 Å². The fraction of sp³-hybridized carbons (Fsp3) is 0.333. The summed E-state index contributed by atoms with van der Waals surface area (Å²) in [5.41, 5.74) is 2.11. The van der Waals surface area contributed by atoms with Gasteiger partial charge in [-0.3, -0.25) is 9.69 Å². The van der Waals surface area contributed by atoms with Crippen molar-refractivity contribution in [2.75, 3.05) is 16.9 Å². The van der Waals surface area contributed by atoms with Crippen molar-refractivity contribution in [3.05, 3.63) is 57.7 Å². The molecule has 1 saturated carbocycles. The third-order valence-electron chi connectivity index (χ3n) is 4.71. The number of ether oxygens (including phenoxy) is 1. The number of rotatable bonds is 8. The highest BCUT2D eigenvalue weighted by Gasteiger charge is 2.33. The zero-order chi connectivity index (χ0) is 19.5. The first-order valence-corrected chi connectivity index (χ1v) is 11.1. The molecule has 1 fully saturated rings. The molecule has 4 rings (SSSR count). The number of amides is 1. The highest BCUT2D eigenvalue weighted by atomic mass is 32.1. The van der Waals surface area contributed by atoms with Gasteiger partial charge in [-0.1, -0.05) is 6.07 Å². The Morgan fingerprint density at radius 3 is 2.57 bits per heavy atom. The monoisotopic (exact) mass is 413 g/mol. The van der Waals surface area contributed by atoms with Crippen LogP contribution >= 0.6 is 22.7 Å². The van der Waals surface area contributed by atoms with Gasteiger partial charge in [0, 0.05) is 28.9 Å². The third kappa shape index (κ3) is 4.36. The Kier molecular flexibility index (Phi) is 5.64. The molecule has 1 aliphatic rings. The third-order valence-corrected chi connectivity index (χ3v) is 6.46. The van der Waals surface area contributed by atoms with Gasteiger partial charge in [-0.2, -0.15) is 0 Å². The summed E-state index contributed by atoms with van der Waals surface area (Å²) in [6.45, 7) is 3.13. The van der Waals surface area contributed by atoms with Crippen LogP contribution < -0.4 is 14.5 Å². The molecule has 0 bridgehead atoms. The van der Waals surface area contributed by atoms with Crippen molar-refractivity contribution < 1.29 is 9.53 Å². The second-order valence-corrected chi connectivity index (χ2v) is 8.74. The standard InChI is InChI=1S/C21H23N3O2S2/c1-15(25)24(18-5-6-18)21-22-16(14-28-21)12-23(13-20-4-3-11-27-20)17-7-9-19(26-2)10-8-17/h3-4,7-11,14,18H,5-6,12-13H2,1-2H3. The van der Waals surface area contributed by atoms with Gasteiger partial charge in [-0.15, -0.1) is 22.7 Å². The summed E-state index contributed by atoms with van der Waals surface area (Å²) < 4.78 is 5.29. The molecular formula is C21H23N3O2S2. The van der Waals surface area contributed by atoms with Crippen LogP contribution in [0.1, 0.15) is 30.3 Å². The lowest BCUT2D eigenvalue weighted by atomic mass is 10.2. The topological polar surface area (TPSA) is 45.7 Å². The van der Waals surface area contributed by atoms with Crippen LogP contribution in [-0.2, 0) is 17.9 Å². The maximum atomic E-state index is 12.0. The van der Waals surface area contributed by atoms with E-state index in [-0.39, 0.29) is 5.91 Å². The molecule has 0 aliphatic heterocycles. The van der Waals surface area contributed by atoms with E-state index in [9.17, 15) is 4.79 Å². The average Bonchev–Trinajstić information content (AvgIpc) is 3.18. The number of benzene rings is 1. The normalized spacial score (nSPS) is 13.4. The number of methoxy groups -OCH3 is 1. The molecule has 28 heavy (non-hydrogen) atoms. The Labute approximate surface area is 173 Å². The Bertz CT molecular complexity index is 918. The number of hydrogen-bond donors (Lipinski definition) is 0. The van der Waals surface area contributed by atoms with Crippen molar-refractivity contribution in [2.45, 2.75) is 38.9 Å². The molecule has 146 valence electrons. The summed E-state index contributed by atoms with van der Waals surface area (Å²) in [7, 11) is 1.68. The van der Waals surface area contributed by atoms with Crippen LogP contribution in [0.4, 0.5) is 10.8 Å². The van der Waals surface area contributed by atoms with E-state index < -0.39 is 0 Å². The predicted molar refractivity (Wildman–Crippen MR) is 115 cm³/mol. The molecule has 0 spiro atoms. The summed E-state index contributed by atoms with van der Waals surface area (Å²) >= 11 is 3.31. The number of thiazole rings is 1. The highest BCUT2D eigenvalue weighted by Crippen LogP contribution is 2.34. The van der Waals surface area contributed by atoms with Crippen molar-refractivity contribution in [2.24, 2.45) is 0 Å². The maximum absolute atomic E-state index is 12.0. The molecule has 0 saturated heterocycles. The fourth-order valence-electron chi connectivity index (χ4n) is 3.18. The minimum Gasteiger partial charge on any atom is -0.497 e. The summed E-state index contributed by atoms with van der Waals surface area (Å²) in [6, 6.07) is 12.7. The van der Waals surface area contributed by atoms with E-state index >= 15 is 0 Å². The number of hydrogen-bond acceptors (Lipinski definition) is 6. The average molecular weight is 414 g/mol. The Morgan fingerprint density at radius 1 is 1.18 bits per heavy atom. The first-order valence-electron chi connectivity index (χ1n) is 9.29. The number of thiophene rings is 1. The molecular weight excluding hydrogens is 390 g/mol. The second-order valence-electron chi connectivity index (χ2n) is 6.88. The summed E-state index contributed by atoms with van der Waals surface area (Å²) in [4.78, 5) is 22.3. The van der Waals surface area contributed by atoms with E-state index in [4.69, 9.17) is 9.72 Å². The van der Waals surface area contributed by atoms with Gasteiger partial charge in [0.05, 0.1) is 25.9 Å². The van der Waals surface area contributed by atoms with E-state index in [1.165, 1.54) is 4.88 Å². The van der Waals surface area contributed by atoms with Gasteiger partial charge in [-0.25, -0.2) is 4.98 Å². The van der Waals surface area contributed by atoms with Crippen LogP contribution in [0.25, 0.3) is 0 Å². The molecule has 7 heteroatoms. The van der Waals surface area contributed by atoms with E-state index in [1.807, 2.05) is 17.0 Å². The lowest BCUT2D eigenvalue weighted by Crippen LogP contribution is -2.30. The van der Waals surface area contributed by atoms with Crippen molar-refractivity contribution in [1.29, 1.82) is 0 Å². The molecule has 2 heterocycles. The van der Waals surface area contributed by atoms with Crippen LogP contribution in [0.15, 0.2) is 47.2 Å². The lowest BCUT2D eigenvalue weighted by Gasteiger charge is -2.24. The van der Waals surface area contributed by atoms with Gasteiger partial charge in [0.15, 0.2) is 5.13 Å². The van der Waals surface area contributed by atoms with Crippen LogP contribution in [0.5, 0.6) is 5.75 Å². The molecule has 1 amide bonds. The van der Waals surface area contributed by atoms with Crippen LogP contribution in [0.3, 0.4) is 0 Å². The predicted octanol–water partition coefficient (Wildman–Crippen LogP) is 4.94. The molecule has 5 nitrogen and oxygen atoms in total. The second kappa shape index (κ2) is 8.32. The van der Waals surface area contributed by atoms with E-state index in [0.717, 1.165) is 41.6 Å². The lowest BCUT2D eigenvalue weighted by molar-refractivity contribution is -0.116. The van der Waals surface area contributed by atoms with E-state index in [2.05, 4.69) is 39.9 Å². The van der Waals surface area contributed by atoms with Gasteiger partial charge < -0.3 is 9.64 Å². The first kappa shape index (κ1) is 19.0. The van der Waals surface area contributed by atoms with Gasteiger partial charge in [0.2, 0.25) is 5.91 Å². The molecule has 0 radical (unpaired) electrons. The van der Waals surface area contributed by atoms with Crippen molar-refractivity contribution in [3.8, 4) is 5.75 Å². The quantitative estimate of drug-likeness (QED) is 0.525. The number of carbonyl (C=O) groups is 1.